The first-order valence-electron chi connectivity index (χ1n) is 5.22. The van der Waals surface area contributed by atoms with Gasteiger partial charge in [0.25, 0.3) is 0 Å². The second kappa shape index (κ2) is 5.74. The van der Waals surface area contributed by atoms with E-state index in [1.165, 1.54) is 0 Å². The minimum atomic E-state index is -6.66. The number of aromatic nitrogens is 2. The fraction of sp³-hybridized carbons (Fsp3) is 0.556. The van der Waals surface area contributed by atoms with Gasteiger partial charge in [0.15, 0.2) is 0 Å². The van der Waals surface area contributed by atoms with Crippen molar-refractivity contribution in [1.82, 2.24) is 9.97 Å². The van der Waals surface area contributed by atoms with Gasteiger partial charge in [-0.2, -0.15) is 27.5 Å². The standard InChI is InChI=1S/C9H6ClF8N3O/c1-3-2-4(10)20-6(19-3)21(22)9(17,18)8(15,16)7(13,14)5(11)12/h2,5,21H,1H3. The van der Waals surface area contributed by atoms with Crippen LogP contribution in [0.4, 0.5) is 41.1 Å². The van der Waals surface area contributed by atoms with Gasteiger partial charge in [-0.15, -0.1) is 8.78 Å². The number of hydrogen-bond acceptors (Lipinski definition) is 3. The van der Waals surface area contributed by atoms with Crippen molar-refractivity contribution in [1.29, 1.82) is 0 Å². The van der Waals surface area contributed by atoms with E-state index in [0.29, 0.717) is 0 Å². The highest BCUT2D eigenvalue weighted by Crippen LogP contribution is 2.46. The van der Waals surface area contributed by atoms with Gasteiger partial charge < -0.3 is 5.21 Å². The zero-order chi connectivity index (χ0) is 17.5. The van der Waals surface area contributed by atoms with E-state index in [1.807, 2.05) is 0 Å². The van der Waals surface area contributed by atoms with E-state index in [-0.39, 0.29) is 5.69 Å². The number of nitrogens with one attached hydrogen (secondary N) is 1. The van der Waals surface area contributed by atoms with Gasteiger partial charge in [0.1, 0.15) is 5.15 Å². The maximum absolute atomic E-state index is 13.4. The van der Waals surface area contributed by atoms with Gasteiger partial charge in [-0.3, -0.25) is 0 Å². The summed E-state index contributed by atoms with van der Waals surface area (Å²) in [6.45, 7) is 1.12. The van der Waals surface area contributed by atoms with E-state index >= 15 is 0 Å². The van der Waals surface area contributed by atoms with Crippen LogP contribution < -0.4 is 5.06 Å². The van der Waals surface area contributed by atoms with Crippen LogP contribution in [-0.2, 0) is 0 Å². The van der Waals surface area contributed by atoms with Crippen molar-refractivity contribution in [2.24, 2.45) is 0 Å². The van der Waals surface area contributed by atoms with Crippen LogP contribution in [0.2, 0.25) is 5.15 Å². The molecule has 4 nitrogen and oxygen atoms in total. The average Bonchev–Trinajstić information content (AvgIpc) is 2.35. The van der Waals surface area contributed by atoms with E-state index in [1.54, 1.807) is 0 Å². The molecule has 0 fully saturated rings. The van der Waals surface area contributed by atoms with Crippen LogP contribution in [0.3, 0.4) is 0 Å². The van der Waals surface area contributed by atoms with Crippen LogP contribution in [0.25, 0.3) is 0 Å². The number of hydrogen-bond donors (Lipinski definition) is 1. The van der Waals surface area contributed by atoms with Crippen molar-refractivity contribution in [3.05, 3.63) is 22.1 Å². The van der Waals surface area contributed by atoms with E-state index in [0.717, 1.165) is 13.0 Å². The Balaban J connectivity index is 3.32. The van der Waals surface area contributed by atoms with Crippen LogP contribution in [0.1, 0.15) is 5.69 Å². The van der Waals surface area contributed by atoms with Gasteiger partial charge in [0.05, 0.1) is 0 Å². The number of rotatable bonds is 5. The summed E-state index contributed by atoms with van der Waals surface area (Å²) in [6.07, 6.45) is -5.12. The van der Waals surface area contributed by atoms with E-state index in [2.05, 4.69) is 9.97 Å². The summed E-state index contributed by atoms with van der Waals surface area (Å²) in [5.74, 6) is -14.7. The maximum Gasteiger partial charge on any atom is 0.467 e. The number of halogens is 9. The van der Waals surface area contributed by atoms with Gasteiger partial charge in [-0.1, -0.05) is 11.6 Å². The van der Waals surface area contributed by atoms with Crippen molar-refractivity contribution in [3.63, 3.8) is 0 Å². The normalized spacial score (nSPS) is 15.3. The number of hydroxylamine groups is 1. The molecule has 0 aromatic carbocycles. The molecule has 0 saturated heterocycles. The number of aryl methyl sites for hydroxylation is 1. The van der Waals surface area contributed by atoms with Crippen LogP contribution in [0.15, 0.2) is 6.07 Å². The maximum atomic E-state index is 13.4. The van der Waals surface area contributed by atoms with Gasteiger partial charge >= 0.3 is 30.3 Å². The van der Waals surface area contributed by atoms with E-state index in [9.17, 15) is 40.3 Å². The van der Waals surface area contributed by atoms with Gasteiger partial charge in [-0.05, 0) is 13.0 Å². The smallest absolute Gasteiger partial charge is 0.467 e. The molecule has 0 radical (unpaired) electrons. The molecule has 1 atom stereocenters. The van der Waals surface area contributed by atoms with Crippen LogP contribution in [0.5, 0.6) is 0 Å². The SMILES string of the molecule is Cc1cc(Cl)nc([NH+]([O-])C(F)(F)C(F)(F)C(F)(F)C(F)F)n1. The lowest BCUT2D eigenvalue weighted by Gasteiger charge is -2.36. The first-order chi connectivity index (χ1) is 9.75. The predicted molar refractivity (Wildman–Crippen MR) is 56.6 cm³/mol. The Labute approximate surface area is 122 Å². The van der Waals surface area contributed by atoms with Gasteiger partial charge in [-0.25, -0.2) is 13.8 Å². The monoisotopic (exact) mass is 359 g/mol. The fourth-order valence-electron chi connectivity index (χ4n) is 1.26. The molecule has 0 bridgehead atoms. The molecule has 0 aliphatic heterocycles. The summed E-state index contributed by atoms with van der Waals surface area (Å²) in [5.41, 5.74) is -0.205. The summed E-state index contributed by atoms with van der Waals surface area (Å²) in [7, 11) is 0. The molecule has 1 aromatic heterocycles. The Hall–Kier alpha value is -1.27. The quantitative estimate of drug-likeness (QED) is 0.380. The second-order valence-corrected chi connectivity index (χ2v) is 4.44. The number of quaternary nitrogens is 1. The molecule has 126 valence electrons. The van der Waals surface area contributed by atoms with Crippen LogP contribution >= 0.6 is 11.6 Å². The number of alkyl halides is 8. The van der Waals surface area contributed by atoms with Crippen molar-refractivity contribution in [3.8, 4) is 0 Å². The molecule has 1 unspecified atom stereocenters. The lowest BCUT2D eigenvalue weighted by molar-refractivity contribution is -0.909. The lowest BCUT2D eigenvalue weighted by atomic mass is 10.1. The summed E-state index contributed by atoms with van der Waals surface area (Å²) in [5, 5.41) is 7.74. The molecule has 1 aromatic rings. The first kappa shape index (κ1) is 18.8. The molecule has 22 heavy (non-hydrogen) atoms. The Bertz CT molecular complexity index is 535. The summed E-state index contributed by atoms with van der Waals surface area (Å²) < 4.78 is 102. The largest absolute Gasteiger partial charge is 0.622 e. The zero-order valence-corrected chi connectivity index (χ0v) is 11.1. The molecule has 0 spiro atoms. The van der Waals surface area contributed by atoms with Gasteiger partial charge in [0.2, 0.25) is 0 Å². The minimum Gasteiger partial charge on any atom is -0.622 e. The van der Waals surface area contributed by atoms with E-state index < -0.39 is 40.5 Å². The summed E-state index contributed by atoms with van der Waals surface area (Å²) in [6, 6.07) is -5.22. The Kier molecular flexibility index (Phi) is 4.90. The third kappa shape index (κ3) is 2.94. The third-order valence-corrected chi connectivity index (χ3v) is 2.59. The summed E-state index contributed by atoms with van der Waals surface area (Å²) >= 11 is 5.30. The molecular formula is C9H6ClF8N3O. The van der Waals surface area contributed by atoms with Crippen molar-refractivity contribution in [2.75, 3.05) is 0 Å². The number of nitrogens with zero attached hydrogens (tertiary/aromatic N) is 2. The average molecular weight is 360 g/mol. The van der Waals surface area contributed by atoms with Crippen molar-refractivity contribution >= 4 is 17.5 Å². The Morgan fingerprint density at radius 1 is 1.14 bits per heavy atom. The molecular weight excluding hydrogens is 354 g/mol. The van der Waals surface area contributed by atoms with Crippen molar-refractivity contribution < 1.29 is 40.2 Å². The van der Waals surface area contributed by atoms with E-state index in [4.69, 9.17) is 11.6 Å². The summed E-state index contributed by atoms with van der Waals surface area (Å²) in [4.78, 5) is 5.95. The molecule has 1 N–H and O–H groups in total. The fourth-order valence-corrected chi connectivity index (χ4v) is 1.50. The minimum absolute atomic E-state index is 0.205. The highest BCUT2D eigenvalue weighted by atomic mass is 35.5. The molecule has 13 heteroatoms. The lowest BCUT2D eigenvalue weighted by Crippen LogP contribution is -3.14. The molecule has 0 saturated carbocycles. The van der Waals surface area contributed by atoms with Gasteiger partial charge in [0, 0.05) is 5.69 Å². The Morgan fingerprint density at radius 3 is 2.05 bits per heavy atom. The molecule has 0 aliphatic carbocycles. The second-order valence-electron chi connectivity index (χ2n) is 4.06. The van der Waals surface area contributed by atoms with Crippen molar-refractivity contribution in [2.45, 2.75) is 31.2 Å². The topological polar surface area (TPSA) is 53.3 Å². The van der Waals surface area contributed by atoms with Crippen LogP contribution in [0, 0.1) is 12.1 Å². The molecule has 1 heterocycles. The molecule has 0 amide bonds. The Morgan fingerprint density at radius 2 is 1.64 bits per heavy atom. The van der Waals surface area contributed by atoms with Crippen LogP contribution in [-0.4, -0.2) is 34.3 Å². The molecule has 0 aliphatic rings. The molecule has 1 rings (SSSR count). The predicted octanol–water partition coefficient (Wildman–Crippen LogP) is 2.58. The highest BCUT2D eigenvalue weighted by Gasteiger charge is 2.80. The first-order valence-corrected chi connectivity index (χ1v) is 5.60. The highest BCUT2D eigenvalue weighted by molar-refractivity contribution is 6.29. The third-order valence-electron chi connectivity index (χ3n) is 2.40. The zero-order valence-electron chi connectivity index (χ0n) is 10.4.